The molecular formula is C17H19BrN2O6S2. The molecule has 2 aromatic rings. The second-order valence-electron chi connectivity index (χ2n) is 6.03. The predicted molar refractivity (Wildman–Crippen MR) is 109 cm³/mol. The Hall–Kier alpha value is -1.66. The van der Waals surface area contributed by atoms with Crippen molar-refractivity contribution in [3.05, 3.63) is 64.2 Å². The van der Waals surface area contributed by atoms with Gasteiger partial charge in [-0.2, -0.15) is 0 Å². The molecule has 28 heavy (non-hydrogen) atoms. The highest BCUT2D eigenvalue weighted by molar-refractivity contribution is 9.09. The van der Waals surface area contributed by atoms with Gasteiger partial charge in [0.2, 0.25) is 10.0 Å². The summed E-state index contributed by atoms with van der Waals surface area (Å²) in [5, 5.41) is 21.0. The zero-order chi connectivity index (χ0) is 20.9. The number of hydrogen-bond donors (Lipinski definition) is 2. The number of nitro groups is 1. The molecule has 0 aliphatic heterocycles. The summed E-state index contributed by atoms with van der Waals surface area (Å²) in [4.78, 5) is 10.4. The lowest BCUT2D eigenvalue weighted by atomic mass is 10.2. The van der Waals surface area contributed by atoms with Gasteiger partial charge >= 0.3 is 0 Å². The molecule has 8 nitrogen and oxygen atoms in total. The van der Waals surface area contributed by atoms with Gasteiger partial charge in [-0.1, -0.05) is 33.6 Å². The highest BCUT2D eigenvalue weighted by atomic mass is 79.9. The molecule has 0 unspecified atom stereocenters. The van der Waals surface area contributed by atoms with Crippen LogP contribution < -0.4 is 4.72 Å². The van der Waals surface area contributed by atoms with Gasteiger partial charge < -0.3 is 5.11 Å². The third kappa shape index (κ3) is 5.92. The average molecular weight is 491 g/mol. The van der Waals surface area contributed by atoms with Crippen molar-refractivity contribution in [1.29, 1.82) is 0 Å². The van der Waals surface area contributed by atoms with Gasteiger partial charge in [-0.25, -0.2) is 13.1 Å². The molecule has 3 atom stereocenters. The van der Waals surface area contributed by atoms with Crippen LogP contribution in [-0.2, 0) is 20.8 Å². The Morgan fingerprint density at radius 1 is 1.18 bits per heavy atom. The van der Waals surface area contributed by atoms with Gasteiger partial charge in [0, 0.05) is 28.1 Å². The minimum absolute atomic E-state index is 0.0749. The van der Waals surface area contributed by atoms with Gasteiger partial charge in [-0.15, -0.1) is 0 Å². The highest BCUT2D eigenvalue weighted by Gasteiger charge is 2.28. The maximum Gasteiger partial charge on any atom is 0.269 e. The number of halogens is 1. The number of rotatable bonds is 9. The molecule has 11 heteroatoms. The van der Waals surface area contributed by atoms with E-state index in [1.54, 1.807) is 24.3 Å². The zero-order valence-electron chi connectivity index (χ0n) is 14.8. The van der Waals surface area contributed by atoms with E-state index in [1.807, 2.05) is 6.92 Å². The summed E-state index contributed by atoms with van der Waals surface area (Å²) in [7, 11) is -5.62. The summed E-state index contributed by atoms with van der Waals surface area (Å²) < 4.78 is 40.2. The molecule has 0 aliphatic rings. The second kappa shape index (κ2) is 9.70. The van der Waals surface area contributed by atoms with E-state index in [4.69, 9.17) is 0 Å². The maximum absolute atomic E-state index is 12.6. The fourth-order valence-electron chi connectivity index (χ4n) is 2.29. The van der Waals surface area contributed by atoms with E-state index in [0.29, 0.717) is 4.90 Å². The van der Waals surface area contributed by atoms with Crippen LogP contribution in [0.1, 0.15) is 5.56 Å². The number of aliphatic hydroxyl groups is 1. The van der Waals surface area contributed by atoms with E-state index in [2.05, 4.69) is 20.7 Å². The lowest BCUT2D eigenvalue weighted by Gasteiger charge is -2.22. The minimum Gasteiger partial charge on any atom is -0.391 e. The van der Waals surface area contributed by atoms with Gasteiger partial charge in [0.05, 0.1) is 32.8 Å². The molecule has 0 saturated heterocycles. The molecular weight excluding hydrogens is 472 g/mol. The molecule has 0 saturated carbocycles. The Morgan fingerprint density at radius 3 is 2.25 bits per heavy atom. The Labute approximate surface area is 173 Å². The van der Waals surface area contributed by atoms with Gasteiger partial charge in [0.15, 0.2) is 0 Å². The number of hydrogen-bond acceptors (Lipinski definition) is 6. The number of sulfonamides is 1. The highest BCUT2D eigenvalue weighted by Crippen LogP contribution is 2.18. The summed E-state index contributed by atoms with van der Waals surface area (Å²) in [6.45, 7) is 1.89. The van der Waals surface area contributed by atoms with E-state index in [9.17, 15) is 27.8 Å². The number of aryl methyl sites for hydroxylation is 1. The number of nitrogens with one attached hydrogen (secondary N) is 1. The quantitative estimate of drug-likeness (QED) is 0.314. The summed E-state index contributed by atoms with van der Waals surface area (Å²) in [5.74, 6) is -0.137. The van der Waals surface area contributed by atoms with Crippen molar-refractivity contribution in [2.24, 2.45) is 0 Å². The van der Waals surface area contributed by atoms with Crippen molar-refractivity contribution in [3.8, 4) is 0 Å². The lowest BCUT2D eigenvalue weighted by molar-refractivity contribution is -0.384. The van der Waals surface area contributed by atoms with Crippen molar-refractivity contribution in [1.82, 2.24) is 4.72 Å². The number of nitrogens with zero attached hydrogens (tertiary/aromatic N) is 1. The summed E-state index contributed by atoms with van der Waals surface area (Å²) >= 11 is 3.10. The SMILES string of the molecule is Cc1ccc([S@](=O)C[C@H](NS(=O)(=O)c2ccc([N+](=O)[O-])cc2)[C@@H](O)CBr)cc1. The molecule has 0 aliphatic carbocycles. The van der Waals surface area contributed by atoms with Crippen LogP contribution in [0, 0.1) is 17.0 Å². The first kappa shape index (κ1) is 22.6. The molecule has 2 aromatic carbocycles. The molecule has 0 fully saturated rings. The Balaban J connectivity index is 2.21. The van der Waals surface area contributed by atoms with Gasteiger partial charge in [-0.3, -0.25) is 14.3 Å². The van der Waals surface area contributed by atoms with Crippen LogP contribution >= 0.6 is 15.9 Å². The third-order valence-corrected chi connectivity index (χ3v) is 7.53. The van der Waals surface area contributed by atoms with Crippen LogP contribution in [0.4, 0.5) is 5.69 Å². The molecule has 2 rings (SSSR count). The topological polar surface area (TPSA) is 127 Å². The Morgan fingerprint density at radius 2 is 1.75 bits per heavy atom. The molecule has 0 radical (unpaired) electrons. The van der Waals surface area contributed by atoms with E-state index in [0.717, 1.165) is 29.8 Å². The molecule has 2 N–H and O–H groups in total. The van der Waals surface area contributed by atoms with Gasteiger partial charge in [-0.05, 0) is 31.2 Å². The van der Waals surface area contributed by atoms with Crippen molar-refractivity contribution < 1.29 is 22.7 Å². The van der Waals surface area contributed by atoms with E-state index < -0.39 is 37.9 Å². The van der Waals surface area contributed by atoms with Crippen LogP contribution in [0.2, 0.25) is 0 Å². The predicted octanol–water partition coefficient (Wildman–Crippen LogP) is 2.11. The Kier molecular flexibility index (Phi) is 7.84. The third-order valence-electron chi connectivity index (χ3n) is 3.90. The average Bonchev–Trinajstić information content (AvgIpc) is 2.67. The van der Waals surface area contributed by atoms with Crippen LogP contribution in [0.25, 0.3) is 0 Å². The molecule has 0 spiro atoms. The standard InChI is InChI=1S/C17H19BrN2O6S2/c1-12-2-6-14(7-3-12)27(24)11-16(17(21)10-18)19-28(25,26)15-8-4-13(5-9-15)20(22)23/h2-9,16-17,19,21H,10-11H2,1H3/t16-,17-,27+/m0/s1. The smallest absolute Gasteiger partial charge is 0.269 e. The molecule has 152 valence electrons. The molecule has 0 heterocycles. The van der Waals surface area contributed by atoms with Crippen molar-refractivity contribution in [2.45, 2.75) is 28.9 Å². The summed E-state index contributed by atoms with van der Waals surface area (Å²) in [6.07, 6.45) is -1.12. The van der Waals surface area contributed by atoms with Crippen molar-refractivity contribution in [3.63, 3.8) is 0 Å². The van der Waals surface area contributed by atoms with Crippen molar-refractivity contribution in [2.75, 3.05) is 11.1 Å². The number of aliphatic hydroxyl groups excluding tert-OH is 1. The number of nitro benzene ring substituents is 1. The molecule has 0 amide bonds. The van der Waals surface area contributed by atoms with Gasteiger partial charge in [0.25, 0.3) is 5.69 Å². The van der Waals surface area contributed by atoms with Gasteiger partial charge in [0.1, 0.15) is 0 Å². The van der Waals surface area contributed by atoms with E-state index in [1.165, 1.54) is 0 Å². The number of alkyl halides is 1. The maximum atomic E-state index is 12.6. The van der Waals surface area contributed by atoms with E-state index >= 15 is 0 Å². The second-order valence-corrected chi connectivity index (χ2v) is 9.88. The van der Waals surface area contributed by atoms with Crippen LogP contribution in [-0.4, -0.2) is 45.9 Å². The van der Waals surface area contributed by atoms with Crippen LogP contribution in [0.3, 0.4) is 0 Å². The fourth-order valence-corrected chi connectivity index (χ4v) is 5.38. The minimum atomic E-state index is -4.08. The molecule has 0 bridgehead atoms. The first-order chi connectivity index (χ1) is 13.1. The van der Waals surface area contributed by atoms with E-state index in [-0.39, 0.29) is 21.7 Å². The zero-order valence-corrected chi connectivity index (χ0v) is 18.0. The Bertz CT molecular complexity index is 949. The normalized spacial score (nSPS) is 15.0. The number of benzene rings is 2. The summed E-state index contributed by atoms with van der Waals surface area (Å²) in [5.41, 5.74) is 0.758. The monoisotopic (exact) mass is 490 g/mol. The first-order valence-electron chi connectivity index (χ1n) is 8.10. The largest absolute Gasteiger partial charge is 0.391 e. The van der Waals surface area contributed by atoms with Crippen LogP contribution in [0.15, 0.2) is 58.3 Å². The number of non-ortho nitro benzene ring substituents is 1. The van der Waals surface area contributed by atoms with Crippen LogP contribution in [0.5, 0.6) is 0 Å². The lowest BCUT2D eigenvalue weighted by Crippen LogP contribution is -2.47. The summed E-state index contributed by atoms with van der Waals surface area (Å²) in [6, 6.07) is 10.3. The first-order valence-corrected chi connectivity index (χ1v) is 12.0. The molecule has 0 aromatic heterocycles. The fraction of sp³-hybridized carbons (Fsp3) is 0.294. The van der Waals surface area contributed by atoms with Crippen molar-refractivity contribution >= 4 is 42.4 Å².